The van der Waals surface area contributed by atoms with Crippen molar-refractivity contribution in [3.8, 4) is 0 Å². The number of carboxylic acids is 1. The molecule has 2 fully saturated rings. The Bertz CT molecular complexity index is 1010. The maximum atomic E-state index is 13.6. The number of aliphatic carboxylic acids is 1. The number of amides is 1. The summed E-state index contributed by atoms with van der Waals surface area (Å²) in [5.41, 5.74) is 1.23. The third-order valence-corrected chi connectivity index (χ3v) is 7.13. The van der Waals surface area contributed by atoms with Crippen LogP contribution in [0, 0.1) is 17.0 Å². The highest BCUT2D eigenvalue weighted by Crippen LogP contribution is 2.61. The monoisotopic (exact) mass is 416 g/mol. The molecule has 5 rings (SSSR count). The van der Waals surface area contributed by atoms with Gasteiger partial charge < -0.3 is 10.0 Å². The fraction of sp³-hybridized carbons (Fsp3) is 0.524. The summed E-state index contributed by atoms with van der Waals surface area (Å²) >= 11 is 0. The van der Waals surface area contributed by atoms with E-state index in [2.05, 4.69) is 10.3 Å². The predicted molar refractivity (Wildman–Crippen MR) is 100 cm³/mol. The smallest absolute Gasteiger partial charge is 0.303 e. The van der Waals surface area contributed by atoms with Crippen LogP contribution < -0.4 is 0 Å². The second-order valence-corrected chi connectivity index (χ2v) is 8.93. The van der Waals surface area contributed by atoms with E-state index in [9.17, 15) is 18.4 Å². The third kappa shape index (κ3) is 2.90. The average molecular weight is 416 g/mol. The molecule has 2 heterocycles. The molecular weight excluding hydrogens is 394 g/mol. The van der Waals surface area contributed by atoms with Gasteiger partial charge in [0.05, 0.1) is 23.1 Å². The Kier molecular flexibility index (Phi) is 4.20. The number of carbonyl (C=O) groups is 2. The lowest BCUT2D eigenvalue weighted by Gasteiger charge is -2.30. The summed E-state index contributed by atoms with van der Waals surface area (Å²) in [5.74, 6) is -2.59. The lowest BCUT2D eigenvalue weighted by Crippen LogP contribution is -2.38. The SMILES string of the molecule is O=C(O)CCc1cn(C23CCC(C(=O)N4Cc5cc(F)c(F)cc5C4)(CC2)C3)nn1. The molecule has 9 heteroatoms. The first kappa shape index (κ1) is 19.1. The molecule has 1 aromatic heterocycles. The van der Waals surface area contributed by atoms with Crippen LogP contribution in [0.5, 0.6) is 0 Å². The first-order chi connectivity index (χ1) is 14.3. The number of carbonyl (C=O) groups excluding carboxylic acids is 1. The number of hydrogen-bond acceptors (Lipinski definition) is 4. The molecule has 1 N–H and O–H groups in total. The van der Waals surface area contributed by atoms with Gasteiger partial charge in [-0.05, 0) is 55.4 Å². The van der Waals surface area contributed by atoms with E-state index >= 15 is 0 Å². The van der Waals surface area contributed by atoms with Crippen molar-refractivity contribution in [2.75, 3.05) is 0 Å². The molecule has 7 nitrogen and oxygen atoms in total. The number of nitrogens with zero attached hydrogens (tertiary/aromatic N) is 4. The second kappa shape index (κ2) is 6.58. The van der Waals surface area contributed by atoms with Crippen LogP contribution in [-0.4, -0.2) is 36.9 Å². The van der Waals surface area contributed by atoms with Gasteiger partial charge in [0.1, 0.15) is 0 Å². The zero-order valence-electron chi connectivity index (χ0n) is 16.4. The Balaban J connectivity index is 1.32. The molecule has 0 spiro atoms. The van der Waals surface area contributed by atoms with E-state index in [-0.39, 0.29) is 17.9 Å². The van der Waals surface area contributed by atoms with Gasteiger partial charge in [0.25, 0.3) is 0 Å². The largest absolute Gasteiger partial charge is 0.481 e. The molecule has 158 valence electrons. The van der Waals surface area contributed by atoms with Gasteiger partial charge in [-0.15, -0.1) is 5.10 Å². The molecule has 0 atom stereocenters. The van der Waals surface area contributed by atoms with Crippen molar-refractivity contribution in [2.24, 2.45) is 5.41 Å². The van der Waals surface area contributed by atoms with E-state index in [0.29, 0.717) is 42.8 Å². The van der Waals surface area contributed by atoms with Crippen LogP contribution in [0.15, 0.2) is 18.3 Å². The normalized spacial score (nSPS) is 26.9. The van der Waals surface area contributed by atoms with Crippen LogP contribution in [-0.2, 0) is 34.6 Å². The molecule has 30 heavy (non-hydrogen) atoms. The Hall–Kier alpha value is -2.84. The van der Waals surface area contributed by atoms with Crippen LogP contribution in [0.4, 0.5) is 8.78 Å². The van der Waals surface area contributed by atoms with E-state index in [1.807, 2.05) is 10.9 Å². The predicted octanol–water partition coefficient (Wildman–Crippen LogP) is 2.78. The summed E-state index contributed by atoms with van der Waals surface area (Å²) in [7, 11) is 0. The van der Waals surface area contributed by atoms with E-state index < -0.39 is 23.0 Å². The molecule has 1 aliphatic heterocycles. The molecule has 0 radical (unpaired) electrons. The van der Waals surface area contributed by atoms with E-state index in [1.165, 1.54) is 12.1 Å². The Labute approximate surface area is 171 Å². The molecular formula is C21H22F2N4O3. The van der Waals surface area contributed by atoms with Crippen molar-refractivity contribution in [3.05, 3.63) is 46.8 Å². The Morgan fingerprint density at radius 1 is 1.07 bits per heavy atom. The van der Waals surface area contributed by atoms with Gasteiger partial charge in [-0.25, -0.2) is 13.5 Å². The van der Waals surface area contributed by atoms with Crippen molar-refractivity contribution in [1.29, 1.82) is 0 Å². The number of carboxylic acid groups (broad SMARTS) is 1. The highest BCUT2D eigenvalue weighted by Gasteiger charge is 2.60. The summed E-state index contributed by atoms with van der Waals surface area (Å²) in [5, 5.41) is 17.2. The summed E-state index contributed by atoms with van der Waals surface area (Å²) < 4.78 is 29.0. The lowest BCUT2D eigenvalue weighted by atomic mass is 9.82. The van der Waals surface area contributed by atoms with E-state index in [1.54, 1.807) is 4.90 Å². The Morgan fingerprint density at radius 2 is 1.70 bits per heavy atom. The minimum absolute atomic E-state index is 0.00479. The topological polar surface area (TPSA) is 88.3 Å². The van der Waals surface area contributed by atoms with Gasteiger partial charge in [0.15, 0.2) is 11.6 Å². The summed E-state index contributed by atoms with van der Waals surface area (Å²) in [6.07, 6.45) is 5.91. The van der Waals surface area contributed by atoms with Crippen molar-refractivity contribution >= 4 is 11.9 Å². The summed E-state index contributed by atoms with van der Waals surface area (Å²) in [6, 6.07) is 2.38. The van der Waals surface area contributed by atoms with E-state index in [0.717, 1.165) is 25.7 Å². The molecule has 2 bridgehead atoms. The fourth-order valence-electron chi connectivity index (χ4n) is 5.53. The molecule has 2 saturated carbocycles. The molecule has 2 aliphatic carbocycles. The fourth-order valence-corrected chi connectivity index (χ4v) is 5.53. The molecule has 1 aromatic carbocycles. The standard InChI is InChI=1S/C21H22F2N4O3/c22-16-7-13-9-26(10-14(13)8-17(16)23)19(30)20-3-5-21(12-20,6-4-20)27-11-15(24-25-27)1-2-18(28)29/h7-8,11H,1-6,9-10,12H2,(H,28,29). The van der Waals surface area contributed by atoms with Crippen LogP contribution in [0.25, 0.3) is 0 Å². The zero-order chi connectivity index (χ0) is 21.1. The molecule has 1 amide bonds. The molecule has 0 unspecified atom stereocenters. The van der Waals surface area contributed by atoms with Gasteiger partial charge in [-0.1, -0.05) is 5.21 Å². The van der Waals surface area contributed by atoms with Crippen LogP contribution in [0.2, 0.25) is 0 Å². The number of hydrogen-bond donors (Lipinski definition) is 1. The lowest BCUT2D eigenvalue weighted by molar-refractivity contribution is -0.142. The molecule has 0 saturated heterocycles. The van der Waals surface area contributed by atoms with Gasteiger partial charge in [0, 0.05) is 25.7 Å². The number of fused-ring (bicyclic) bond motifs is 3. The minimum Gasteiger partial charge on any atom is -0.481 e. The first-order valence-corrected chi connectivity index (χ1v) is 10.2. The van der Waals surface area contributed by atoms with Crippen molar-refractivity contribution in [3.63, 3.8) is 0 Å². The summed E-state index contributed by atoms with van der Waals surface area (Å²) in [4.78, 5) is 25.9. The van der Waals surface area contributed by atoms with Crippen LogP contribution >= 0.6 is 0 Å². The first-order valence-electron chi connectivity index (χ1n) is 10.2. The van der Waals surface area contributed by atoms with Gasteiger partial charge in [-0.2, -0.15) is 0 Å². The highest BCUT2D eigenvalue weighted by molar-refractivity contribution is 5.84. The highest BCUT2D eigenvalue weighted by atomic mass is 19.2. The van der Waals surface area contributed by atoms with Gasteiger partial charge in [-0.3, -0.25) is 9.59 Å². The molecule has 2 aromatic rings. The number of benzene rings is 1. The zero-order valence-corrected chi connectivity index (χ0v) is 16.4. The molecule has 3 aliphatic rings. The van der Waals surface area contributed by atoms with Crippen molar-refractivity contribution in [2.45, 2.75) is 63.6 Å². The van der Waals surface area contributed by atoms with Crippen LogP contribution in [0.1, 0.15) is 55.3 Å². The average Bonchev–Trinajstić information content (AvgIpc) is 3.48. The second-order valence-electron chi connectivity index (χ2n) is 8.93. The maximum absolute atomic E-state index is 13.6. The maximum Gasteiger partial charge on any atom is 0.303 e. The Morgan fingerprint density at radius 3 is 2.30 bits per heavy atom. The quantitative estimate of drug-likeness (QED) is 0.810. The number of rotatable bonds is 5. The van der Waals surface area contributed by atoms with Gasteiger partial charge in [0.2, 0.25) is 5.91 Å². The number of halogens is 2. The van der Waals surface area contributed by atoms with Gasteiger partial charge >= 0.3 is 5.97 Å². The minimum atomic E-state index is -0.883. The summed E-state index contributed by atoms with van der Waals surface area (Å²) in [6.45, 7) is 0.617. The third-order valence-electron chi connectivity index (χ3n) is 7.13. The van der Waals surface area contributed by atoms with Crippen molar-refractivity contribution in [1.82, 2.24) is 19.9 Å². The number of aromatic nitrogens is 3. The van der Waals surface area contributed by atoms with Crippen molar-refractivity contribution < 1.29 is 23.5 Å². The van der Waals surface area contributed by atoms with Crippen LogP contribution in [0.3, 0.4) is 0 Å². The number of aryl methyl sites for hydroxylation is 1. The van der Waals surface area contributed by atoms with E-state index in [4.69, 9.17) is 5.11 Å².